The molecule has 1 aromatic heterocycles. The third kappa shape index (κ3) is 2.97. The largest absolute Gasteiger partial charge is 0.337 e. The van der Waals surface area contributed by atoms with Crippen LogP contribution in [-0.4, -0.2) is 45.2 Å². The summed E-state index contributed by atoms with van der Waals surface area (Å²) in [5.41, 5.74) is 3.74. The van der Waals surface area contributed by atoms with Gasteiger partial charge in [0.2, 0.25) is 0 Å². The van der Waals surface area contributed by atoms with Gasteiger partial charge in [-0.05, 0) is 38.1 Å². The lowest BCUT2D eigenvalue weighted by atomic mass is 10.1. The second-order valence-corrected chi connectivity index (χ2v) is 6.52. The monoisotopic (exact) mass is 301 g/mol. The number of carbonyl (C=O) groups is 1. The van der Waals surface area contributed by atoms with Crippen molar-refractivity contribution >= 4 is 17.7 Å². The molecule has 2 aromatic rings. The minimum Gasteiger partial charge on any atom is -0.337 e. The van der Waals surface area contributed by atoms with Gasteiger partial charge in [-0.15, -0.1) is 0 Å². The molecule has 0 spiro atoms. The van der Waals surface area contributed by atoms with Crippen LogP contribution in [0.2, 0.25) is 0 Å². The van der Waals surface area contributed by atoms with E-state index < -0.39 is 0 Å². The number of rotatable bonds is 2. The van der Waals surface area contributed by atoms with Crippen molar-refractivity contribution in [1.82, 2.24) is 14.7 Å². The van der Waals surface area contributed by atoms with Crippen LogP contribution in [-0.2, 0) is 0 Å². The number of aromatic nitrogens is 2. The van der Waals surface area contributed by atoms with E-state index in [1.165, 1.54) is 0 Å². The summed E-state index contributed by atoms with van der Waals surface area (Å²) < 4.78 is 1.89. The fourth-order valence-corrected chi connectivity index (χ4v) is 3.51. The molecule has 1 aromatic carbocycles. The van der Waals surface area contributed by atoms with Gasteiger partial charge in [-0.2, -0.15) is 16.9 Å². The number of hydrogen-bond donors (Lipinski definition) is 0. The molecule has 0 radical (unpaired) electrons. The lowest BCUT2D eigenvalue weighted by Gasteiger charge is -2.26. The Morgan fingerprint density at radius 3 is 2.62 bits per heavy atom. The van der Waals surface area contributed by atoms with Gasteiger partial charge in [-0.1, -0.05) is 6.07 Å². The summed E-state index contributed by atoms with van der Waals surface area (Å²) >= 11 is 1.91. The standard InChI is InChI=1S/C16H19N3OS/c1-12-10-13(2)19(17-12)15-5-3-4-14(11-15)16(20)18-6-8-21-9-7-18/h3-5,10-11H,6-9H2,1-2H3. The van der Waals surface area contributed by atoms with Gasteiger partial charge in [0.1, 0.15) is 0 Å². The third-order valence-electron chi connectivity index (χ3n) is 3.65. The number of aryl methyl sites for hydroxylation is 2. The first-order chi connectivity index (χ1) is 10.1. The molecule has 110 valence electrons. The van der Waals surface area contributed by atoms with Crippen LogP contribution in [0.5, 0.6) is 0 Å². The van der Waals surface area contributed by atoms with Crippen LogP contribution in [0.4, 0.5) is 0 Å². The molecular formula is C16H19N3OS. The minimum absolute atomic E-state index is 0.124. The fraction of sp³-hybridized carbons (Fsp3) is 0.375. The number of benzene rings is 1. The minimum atomic E-state index is 0.124. The molecule has 21 heavy (non-hydrogen) atoms. The van der Waals surface area contributed by atoms with Gasteiger partial charge in [0.05, 0.1) is 11.4 Å². The molecular weight excluding hydrogens is 282 g/mol. The molecule has 0 unspecified atom stereocenters. The first-order valence-corrected chi connectivity index (χ1v) is 8.31. The Hall–Kier alpha value is -1.75. The van der Waals surface area contributed by atoms with E-state index in [4.69, 9.17) is 0 Å². The van der Waals surface area contributed by atoms with E-state index in [9.17, 15) is 4.79 Å². The lowest BCUT2D eigenvalue weighted by molar-refractivity contribution is 0.0772. The Morgan fingerprint density at radius 1 is 1.19 bits per heavy atom. The number of thioether (sulfide) groups is 1. The zero-order chi connectivity index (χ0) is 14.8. The summed E-state index contributed by atoms with van der Waals surface area (Å²) in [5, 5.41) is 4.48. The summed E-state index contributed by atoms with van der Waals surface area (Å²) in [7, 11) is 0. The summed E-state index contributed by atoms with van der Waals surface area (Å²) in [6.07, 6.45) is 0. The average molecular weight is 301 g/mol. The molecule has 0 atom stereocenters. The number of amides is 1. The van der Waals surface area contributed by atoms with Crippen molar-refractivity contribution in [1.29, 1.82) is 0 Å². The Bertz CT molecular complexity index is 659. The maximum Gasteiger partial charge on any atom is 0.253 e. The lowest BCUT2D eigenvalue weighted by Crippen LogP contribution is -2.37. The van der Waals surface area contributed by atoms with Crippen LogP contribution in [0.3, 0.4) is 0 Å². The Kier molecular flexibility index (Phi) is 4.01. The smallest absolute Gasteiger partial charge is 0.253 e. The van der Waals surface area contributed by atoms with Gasteiger partial charge in [0.25, 0.3) is 5.91 Å². The molecule has 4 nitrogen and oxygen atoms in total. The molecule has 1 amide bonds. The molecule has 1 fully saturated rings. The van der Waals surface area contributed by atoms with Crippen LogP contribution in [0.1, 0.15) is 21.7 Å². The van der Waals surface area contributed by atoms with E-state index in [0.717, 1.165) is 47.2 Å². The van der Waals surface area contributed by atoms with Crippen LogP contribution in [0, 0.1) is 13.8 Å². The van der Waals surface area contributed by atoms with Crippen molar-refractivity contribution in [2.75, 3.05) is 24.6 Å². The van der Waals surface area contributed by atoms with Crippen molar-refractivity contribution in [2.45, 2.75) is 13.8 Å². The highest BCUT2D eigenvalue weighted by Gasteiger charge is 2.18. The summed E-state index contributed by atoms with van der Waals surface area (Å²) in [6.45, 7) is 5.68. The Morgan fingerprint density at radius 2 is 1.95 bits per heavy atom. The van der Waals surface area contributed by atoms with Crippen LogP contribution >= 0.6 is 11.8 Å². The van der Waals surface area contributed by atoms with Gasteiger partial charge < -0.3 is 4.90 Å². The van der Waals surface area contributed by atoms with Crippen LogP contribution in [0.15, 0.2) is 30.3 Å². The summed E-state index contributed by atoms with van der Waals surface area (Å²) in [5.74, 6) is 2.19. The summed E-state index contributed by atoms with van der Waals surface area (Å²) in [4.78, 5) is 14.5. The first kappa shape index (κ1) is 14.2. The van der Waals surface area contributed by atoms with Gasteiger partial charge in [0, 0.05) is 35.9 Å². The van der Waals surface area contributed by atoms with E-state index in [1.807, 2.05) is 65.5 Å². The van der Waals surface area contributed by atoms with Gasteiger partial charge in [-0.3, -0.25) is 4.79 Å². The second kappa shape index (κ2) is 5.93. The SMILES string of the molecule is Cc1cc(C)n(-c2cccc(C(=O)N3CCSCC3)c2)n1. The molecule has 1 aliphatic rings. The highest BCUT2D eigenvalue weighted by atomic mass is 32.2. The second-order valence-electron chi connectivity index (χ2n) is 5.29. The molecule has 5 heteroatoms. The zero-order valence-electron chi connectivity index (χ0n) is 12.4. The highest BCUT2D eigenvalue weighted by molar-refractivity contribution is 7.99. The molecule has 3 rings (SSSR count). The van der Waals surface area contributed by atoms with Crippen molar-refractivity contribution in [2.24, 2.45) is 0 Å². The van der Waals surface area contributed by atoms with E-state index in [-0.39, 0.29) is 5.91 Å². The molecule has 1 aliphatic heterocycles. The maximum absolute atomic E-state index is 12.6. The zero-order valence-corrected chi connectivity index (χ0v) is 13.2. The predicted octanol–water partition coefficient (Wildman–Crippen LogP) is 2.68. The van der Waals surface area contributed by atoms with Crippen molar-refractivity contribution in [3.63, 3.8) is 0 Å². The fourth-order valence-electron chi connectivity index (χ4n) is 2.61. The average Bonchev–Trinajstić information content (AvgIpc) is 2.86. The molecule has 0 bridgehead atoms. The highest BCUT2D eigenvalue weighted by Crippen LogP contribution is 2.17. The maximum atomic E-state index is 12.6. The Labute approximate surface area is 129 Å². The number of nitrogens with zero attached hydrogens (tertiary/aromatic N) is 3. The molecule has 0 saturated carbocycles. The first-order valence-electron chi connectivity index (χ1n) is 7.16. The van der Waals surface area contributed by atoms with Crippen molar-refractivity contribution < 1.29 is 4.79 Å². The van der Waals surface area contributed by atoms with Gasteiger partial charge >= 0.3 is 0 Å². The third-order valence-corrected chi connectivity index (χ3v) is 4.59. The van der Waals surface area contributed by atoms with E-state index >= 15 is 0 Å². The predicted molar refractivity (Wildman–Crippen MR) is 86.3 cm³/mol. The van der Waals surface area contributed by atoms with Crippen molar-refractivity contribution in [3.8, 4) is 5.69 Å². The van der Waals surface area contributed by atoms with E-state index in [2.05, 4.69) is 5.10 Å². The van der Waals surface area contributed by atoms with Gasteiger partial charge in [-0.25, -0.2) is 4.68 Å². The van der Waals surface area contributed by atoms with E-state index in [1.54, 1.807) is 0 Å². The van der Waals surface area contributed by atoms with Crippen molar-refractivity contribution in [3.05, 3.63) is 47.3 Å². The number of carbonyl (C=O) groups excluding carboxylic acids is 1. The molecule has 2 heterocycles. The molecule has 1 saturated heterocycles. The quantitative estimate of drug-likeness (QED) is 0.856. The van der Waals surface area contributed by atoms with Gasteiger partial charge in [0.15, 0.2) is 0 Å². The normalized spacial score (nSPS) is 15.2. The number of hydrogen-bond acceptors (Lipinski definition) is 3. The van der Waals surface area contributed by atoms with Crippen LogP contribution < -0.4 is 0 Å². The molecule has 0 N–H and O–H groups in total. The Balaban J connectivity index is 1.89. The topological polar surface area (TPSA) is 38.1 Å². The van der Waals surface area contributed by atoms with Crippen LogP contribution in [0.25, 0.3) is 5.69 Å². The van der Waals surface area contributed by atoms with E-state index in [0.29, 0.717) is 0 Å². The summed E-state index contributed by atoms with van der Waals surface area (Å²) in [6, 6.07) is 9.78. The molecule has 0 aliphatic carbocycles.